The van der Waals surface area contributed by atoms with Gasteiger partial charge in [0.1, 0.15) is 12.3 Å². The number of hydrogen-bond acceptors (Lipinski definition) is 3. The fourth-order valence-electron chi connectivity index (χ4n) is 0.270. The van der Waals surface area contributed by atoms with E-state index in [0.29, 0.717) is 0 Å². The summed E-state index contributed by atoms with van der Waals surface area (Å²) in [7, 11) is 0. The van der Waals surface area contributed by atoms with E-state index in [1.165, 1.54) is 6.92 Å². The molecule has 5 heteroatoms. The van der Waals surface area contributed by atoms with Gasteiger partial charge in [0.25, 0.3) is 5.91 Å². The number of carboxylic acids is 1. The molecular formula is C5H7NO4. The van der Waals surface area contributed by atoms with Crippen LogP contribution in [0.2, 0.25) is 0 Å². The summed E-state index contributed by atoms with van der Waals surface area (Å²) in [5.74, 6) is -2.11. The lowest BCUT2D eigenvalue weighted by Crippen LogP contribution is -2.12. The molecule has 0 atom stereocenters. The van der Waals surface area contributed by atoms with E-state index in [4.69, 9.17) is 10.2 Å². The van der Waals surface area contributed by atoms with Crippen LogP contribution in [0.5, 0.6) is 0 Å². The van der Waals surface area contributed by atoms with Crippen LogP contribution >= 0.6 is 0 Å². The summed E-state index contributed by atoms with van der Waals surface area (Å²) in [6, 6.07) is 0. The van der Waals surface area contributed by atoms with Crippen LogP contribution in [0, 0.1) is 0 Å². The maximum atomic E-state index is 10.2. The molecule has 0 aliphatic heterocycles. The Labute approximate surface area is 57.0 Å². The van der Waals surface area contributed by atoms with Crippen molar-refractivity contribution >= 4 is 17.6 Å². The first kappa shape index (κ1) is 8.77. The van der Waals surface area contributed by atoms with Gasteiger partial charge in [-0.3, -0.25) is 4.79 Å². The number of aliphatic hydroxyl groups excluding tert-OH is 1. The molecule has 56 valence electrons. The van der Waals surface area contributed by atoms with Crippen molar-refractivity contribution in [2.24, 2.45) is 4.99 Å². The lowest BCUT2D eigenvalue weighted by molar-refractivity contribution is -0.130. The van der Waals surface area contributed by atoms with Crippen LogP contribution in [0.4, 0.5) is 0 Å². The van der Waals surface area contributed by atoms with Crippen molar-refractivity contribution in [1.82, 2.24) is 0 Å². The molecule has 0 aliphatic rings. The number of hydrogen-bond donors (Lipinski definition) is 2. The van der Waals surface area contributed by atoms with Gasteiger partial charge >= 0.3 is 5.97 Å². The molecule has 0 rings (SSSR count). The first-order valence-corrected chi connectivity index (χ1v) is 2.50. The molecule has 0 spiro atoms. The van der Waals surface area contributed by atoms with Crippen molar-refractivity contribution in [3.8, 4) is 0 Å². The van der Waals surface area contributed by atoms with E-state index in [1.807, 2.05) is 0 Å². The Morgan fingerprint density at radius 3 is 2.30 bits per heavy atom. The van der Waals surface area contributed by atoms with Crippen LogP contribution < -0.4 is 0 Å². The molecule has 0 unspecified atom stereocenters. The van der Waals surface area contributed by atoms with Crippen molar-refractivity contribution in [3.63, 3.8) is 0 Å². The zero-order valence-electron chi connectivity index (χ0n) is 5.37. The van der Waals surface area contributed by atoms with Crippen molar-refractivity contribution < 1.29 is 19.8 Å². The second kappa shape index (κ2) is 3.73. The Hall–Kier alpha value is -1.23. The molecule has 0 heterocycles. The number of rotatable bonds is 2. The predicted octanol–water partition coefficient (Wildman–Crippen LogP) is -0.949. The maximum Gasteiger partial charge on any atom is 0.350 e. The van der Waals surface area contributed by atoms with Gasteiger partial charge in [0.2, 0.25) is 0 Å². The SMILES string of the molecule is CC(=NC(=O)CO)C(=O)O. The highest BCUT2D eigenvalue weighted by atomic mass is 16.4. The van der Waals surface area contributed by atoms with Crippen LogP contribution in [0.15, 0.2) is 4.99 Å². The third-order valence-corrected chi connectivity index (χ3v) is 0.737. The number of amides is 1. The van der Waals surface area contributed by atoms with E-state index in [2.05, 4.69) is 4.99 Å². The molecule has 0 saturated carbocycles. The zero-order chi connectivity index (χ0) is 8.15. The average Bonchev–Trinajstić information content (AvgIpc) is 1.87. The van der Waals surface area contributed by atoms with E-state index < -0.39 is 18.5 Å². The van der Waals surface area contributed by atoms with Crippen molar-refractivity contribution in [2.45, 2.75) is 6.92 Å². The van der Waals surface area contributed by atoms with Gasteiger partial charge in [0.05, 0.1) is 0 Å². The Balaban J connectivity index is 4.16. The smallest absolute Gasteiger partial charge is 0.350 e. The summed E-state index contributed by atoms with van der Waals surface area (Å²) in [4.78, 5) is 23.2. The van der Waals surface area contributed by atoms with E-state index in [9.17, 15) is 9.59 Å². The largest absolute Gasteiger partial charge is 0.477 e. The molecule has 0 aromatic heterocycles. The lowest BCUT2D eigenvalue weighted by atomic mass is 10.4. The van der Waals surface area contributed by atoms with Crippen LogP contribution in [-0.2, 0) is 9.59 Å². The van der Waals surface area contributed by atoms with Gasteiger partial charge in [-0.1, -0.05) is 0 Å². The van der Waals surface area contributed by atoms with Gasteiger partial charge in [-0.05, 0) is 6.92 Å². The number of aliphatic carboxylic acids is 1. The topological polar surface area (TPSA) is 87.0 Å². The quantitative estimate of drug-likeness (QED) is 0.490. The highest BCUT2D eigenvalue weighted by Crippen LogP contribution is 1.79. The zero-order valence-corrected chi connectivity index (χ0v) is 5.37. The van der Waals surface area contributed by atoms with Gasteiger partial charge in [0.15, 0.2) is 0 Å². The van der Waals surface area contributed by atoms with Gasteiger partial charge < -0.3 is 10.2 Å². The number of aliphatic imine (C=N–C) groups is 1. The monoisotopic (exact) mass is 145 g/mol. The summed E-state index contributed by atoms with van der Waals surface area (Å²) < 4.78 is 0. The Kier molecular flexibility index (Phi) is 3.27. The lowest BCUT2D eigenvalue weighted by Gasteiger charge is -1.88. The molecule has 0 bridgehead atoms. The average molecular weight is 145 g/mol. The van der Waals surface area contributed by atoms with Crippen LogP contribution in [0.25, 0.3) is 0 Å². The third kappa shape index (κ3) is 2.93. The number of carbonyl (C=O) groups is 2. The van der Waals surface area contributed by atoms with Gasteiger partial charge in [-0.25, -0.2) is 9.79 Å². The Morgan fingerprint density at radius 1 is 1.50 bits per heavy atom. The number of carboxylic acid groups (broad SMARTS) is 1. The molecule has 10 heavy (non-hydrogen) atoms. The molecule has 0 aromatic rings. The minimum Gasteiger partial charge on any atom is -0.477 e. The highest BCUT2D eigenvalue weighted by molar-refractivity contribution is 6.36. The van der Waals surface area contributed by atoms with Crippen molar-refractivity contribution in [2.75, 3.05) is 6.61 Å². The third-order valence-electron chi connectivity index (χ3n) is 0.737. The van der Waals surface area contributed by atoms with E-state index >= 15 is 0 Å². The number of carbonyl (C=O) groups excluding carboxylic acids is 1. The first-order valence-electron chi connectivity index (χ1n) is 2.50. The second-order valence-electron chi connectivity index (χ2n) is 1.55. The van der Waals surface area contributed by atoms with E-state index in [0.717, 1.165) is 0 Å². The summed E-state index contributed by atoms with van der Waals surface area (Å²) >= 11 is 0. The Morgan fingerprint density at radius 2 is 2.00 bits per heavy atom. The molecule has 0 saturated heterocycles. The molecule has 0 radical (unpaired) electrons. The summed E-state index contributed by atoms with van der Waals surface area (Å²) in [6.07, 6.45) is 0. The van der Waals surface area contributed by atoms with Gasteiger partial charge in [0, 0.05) is 0 Å². The molecule has 0 aliphatic carbocycles. The van der Waals surface area contributed by atoms with Crippen LogP contribution in [0.1, 0.15) is 6.92 Å². The van der Waals surface area contributed by atoms with E-state index in [-0.39, 0.29) is 5.71 Å². The van der Waals surface area contributed by atoms with Crippen LogP contribution in [0.3, 0.4) is 0 Å². The number of aliphatic hydroxyl groups is 1. The van der Waals surface area contributed by atoms with Crippen molar-refractivity contribution in [3.05, 3.63) is 0 Å². The molecule has 2 N–H and O–H groups in total. The number of nitrogens with zero attached hydrogens (tertiary/aromatic N) is 1. The predicted molar refractivity (Wildman–Crippen MR) is 32.8 cm³/mol. The minimum atomic E-state index is -1.26. The first-order chi connectivity index (χ1) is 4.57. The molecule has 0 aromatic carbocycles. The minimum absolute atomic E-state index is 0.320. The van der Waals surface area contributed by atoms with Gasteiger partial charge in [-0.15, -0.1) is 0 Å². The molecule has 1 amide bonds. The fraction of sp³-hybridized carbons (Fsp3) is 0.400. The van der Waals surface area contributed by atoms with Crippen LogP contribution in [-0.4, -0.2) is 34.4 Å². The molecule has 0 fully saturated rings. The maximum absolute atomic E-state index is 10.2. The normalized spacial score (nSPS) is 11.2. The Bertz CT molecular complexity index is 184. The highest BCUT2D eigenvalue weighted by Gasteiger charge is 2.03. The fourth-order valence-corrected chi connectivity index (χ4v) is 0.270. The standard InChI is InChI=1S/C5H7NO4/c1-3(5(9)10)6-4(8)2-7/h7H,2H2,1H3,(H,9,10). The molecular weight excluding hydrogens is 138 g/mol. The second-order valence-corrected chi connectivity index (χ2v) is 1.55. The summed E-state index contributed by atoms with van der Waals surface area (Å²) in [5.41, 5.74) is -0.320. The summed E-state index contributed by atoms with van der Waals surface area (Å²) in [6.45, 7) is 0.417. The van der Waals surface area contributed by atoms with E-state index in [1.54, 1.807) is 0 Å². The molecule has 5 nitrogen and oxygen atoms in total. The summed E-state index contributed by atoms with van der Waals surface area (Å²) in [5, 5.41) is 16.3. The van der Waals surface area contributed by atoms with Gasteiger partial charge in [-0.2, -0.15) is 0 Å². The van der Waals surface area contributed by atoms with Crippen molar-refractivity contribution in [1.29, 1.82) is 0 Å².